The fourth-order valence-electron chi connectivity index (χ4n) is 5.12. The highest BCUT2D eigenvalue weighted by Crippen LogP contribution is 2.36. The summed E-state index contributed by atoms with van der Waals surface area (Å²) in [5, 5.41) is 0.920. The molecule has 2 heterocycles. The molecule has 0 N–H and O–H groups in total. The molecule has 0 amide bonds. The van der Waals surface area contributed by atoms with Crippen molar-refractivity contribution in [2.75, 3.05) is 20.8 Å². The zero-order valence-corrected chi connectivity index (χ0v) is 29.5. The largest absolute Gasteiger partial charge is 0.496 e. The number of fused-ring (bicyclic) bond motifs is 1. The molecule has 8 nitrogen and oxygen atoms in total. The minimum Gasteiger partial charge on any atom is -0.496 e. The Labute approximate surface area is 288 Å². The first-order valence-electron chi connectivity index (χ1n) is 14.5. The summed E-state index contributed by atoms with van der Waals surface area (Å²) in [6.45, 7) is 4.23. The van der Waals surface area contributed by atoms with E-state index in [1.807, 2.05) is 31.2 Å². The van der Waals surface area contributed by atoms with Crippen molar-refractivity contribution in [3.05, 3.63) is 117 Å². The number of aromatic nitrogens is 1. The Morgan fingerprint density at radius 3 is 2.43 bits per heavy atom. The fraction of sp³-hybridized carbons (Fsp3) is 0.265. The summed E-state index contributed by atoms with van der Waals surface area (Å²) in [5.74, 6) is 1.16. The van der Waals surface area contributed by atoms with Gasteiger partial charge >= 0.3 is 5.97 Å². The number of esters is 1. The summed E-state index contributed by atoms with van der Waals surface area (Å²) in [5.41, 5.74) is 2.98. The number of carbonyl (C=O) groups excluding carboxylic acids is 1. The number of thiazole rings is 1. The lowest BCUT2D eigenvalue weighted by molar-refractivity contribution is -0.139. The molecule has 0 spiro atoms. The number of allylic oxidation sites excluding steroid dienone is 1. The molecule has 46 heavy (non-hydrogen) atoms. The summed E-state index contributed by atoms with van der Waals surface area (Å²) >= 11 is 17.0. The molecule has 5 rings (SSSR count). The Morgan fingerprint density at radius 1 is 1.00 bits per heavy atom. The minimum absolute atomic E-state index is 0.195. The maximum atomic E-state index is 14.1. The van der Waals surface area contributed by atoms with E-state index in [4.69, 9.17) is 47.1 Å². The van der Waals surface area contributed by atoms with Gasteiger partial charge in [0.15, 0.2) is 16.3 Å². The molecule has 1 aliphatic heterocycles. The predicted octanol–water partition coefficient (Wildman–Crippen LogP) is 7.24. The van der Waals surface area contributed by atoms with Gasteiger partial charge in [-0.05, 0) is 88.4 Å². The molecule has 1 atom stereocenters. The van der Waals surface area contributed by atoms with Gasteiger partial charge < -0.3 is 18.9 Å². The lowest BCUT2D eigenvalue weighted by Gasteiger charge is -2.26. The summed E-state index contributed by atoms with van der Waals surface area (Å²) in [4.78, 5) is 32.9. The molecule has 240 valence electrons. The zero-order chi connectivity index (χ0) is 33.0. The molecule has 12 heteroatoms. The summed E-state index contributed by atoms with van der Waals surface area (Å²) in [6.07, 6.45) is 3.09. The second-order valence-electron chi connectivity index (χ2n) is 10.3. The van der Waals surface area contributed by atoms with Crippen LogP contribution in [0.4, 0.5) is 0 Å². The van der Waals surface area contributed by atoms with Gasteiger partial charge in [0.2, 0.25) is 0 Å². The van der Waals surface area contributed by atoms with Crippen molar-refractivity contribution in [2.45, 2.75) is 39.3 Å². The lowest BCUT2D eigenvalue weighted by Crippen LogP contribution is -2.40. The van der Waals surface area contributed by atoms with Crippen LogP contribution in [0.3, 0.4) is 0 Å². The standard InChI is InChI=1S/C34H31BrCl2N2O6S/c1-5-7-25-30(33(41)44-6-2)31(21-10-13-26(42-3)22(35)17-21)39-32(40)29(46-34(39)38-25)16-19-9-12-27(28(15-19)43-4)45-18-20-8-11-23(36)24(37)14-20/h8-17,31H,5-7,18H2,1-4H3/b29-16-/t31-/m0/s1. The first kappa shape index (κ1) is 33.8. The molecule has 3 aromatic carbocycles. The summed E-state index contributed by atoms with van der Waals surface area (Å²) in [6, 6.07) is 15.5. The molecule has 4 aromatic rings. The number of ether oxygens (including phenoxy) is 4. The van der Waals surface area contributed by atoms with Crippen LogP contribution in [-0.4, -0.2) is 31.4 Å². The first-order valence-corrected chi connectivity index (χ1v) is 16.9. The highest BCUT2D eigenvalue weighted by Gasteiger charge is 2.34. The van der Waals surface area contributed by atoms with E-state index >= 15 is 0 Å². The van der Waals surface area contributed by atoms with Gasteiger partial charge in [-0.15, -0.1) is 0 Å². The van der Waals surface area contributed by atoms with E-state index < -0.39 is 12.0 Å². The van der Waals surface area contributed by atoms with Gasteiger partial charge in [0.1, 0.15) is 12.4 Å². The van der Waals surface area contributed by atoms with Crippen molar-refractivity contribution in [1.29, 1.82) is 0 Å². The average molecular weight is 747 g/mol. The molecule has 0 saturated carbocycles. The minimum atomic E-state index is -0.743. The predicted molar refractivity (Wildman–Crippen MR) is 184 cm³/mol. The van der Waals surface area contributed by atoms with Gasteiger partial charge in [-0.2, -0.15) is 0 Å². The normalized spacial score (nSPS) is 14.5. The zero-order valence-electron chi connectivity index (χ0n) is 25.6. The monoisotopic (exact) mass is 744 g/mol. The molecule has 0 fully saturated rings. The van der Waals surface area contributed by atoms with Crippen molar-refractivity contribution >= 4 is 62.5 Å². The number of nitrogens with zero attached hydrogens (tertiary/aromatic N) is 2. The number of carbonyl (C=O) groups is 1. The lowest BCUT2D eigenvalue weighted by atomic mass is 9.94. The second-order valence-corrected chi connectivity index (χ2v) is 12.9. The Hall–Kier alpha value is -3.57. The molecule has 0 saturated heterocycles. The fourth-order valence-corrected chi connectivity index (χ4v) is 7.02. The third kappa shape index (κ3) is 7.05. The number of methoxy groups -OCH3 is 2. The van der Waals surface area contributed by atoms with Crippen LogP contribution in [0, 0.1) is 0 Å². The van der Waals surface area contributed by atoms with Crippen molar-refractivity contribution in [2.24, 2.45) is 4.99 Å². The Kier molecular flexibility index (Phi) is 10.9. The van der Waals surface area contributed by atoms with E-state index in [-0.39, 0.29) is 18.8 Å². The average Bonchev–Trinajstić information content (AvgIpc) is 3.35. The van der Waals surface area contributed by atoms with Gasteiger partial charge in [0.25, 0.3) is 5.56 Å². The van der Waals surface area contributed by atoms with E-state index in [9.17, 15) is 9.59 Å². The van der Waals surface area contributed by atoms with E-state index in [0.29, 0.717) is 58.8 Å². The van der Waals surface area contributed by atoms with Crippen LogP contribution in [0.2, 0.25) is 10.0 Å². The SMILES string of the molecule is CCCC1=C(C(=O)OCC)[C@H](c2ccc(OC)c(Br)c2)n2c(s/c(=C\c3ccc(OCc4ccc(Cl)c(Cl)c4)c(OC)c3)c2=O)=N1. The maximum absolute atomic E-state index is 14.1. The van der Waals surface area contributed by atoms with Crippen LogP contribution in [0.25, 0.3) is 6.08 Å². The highest BCUT2D eigenvalue weighted by atomic mass is 79.9. The smallest absolute Gasteiger partial charge is 0.338 e. The van der Waals surface area contributed by atoms with Gasteiger partial charge in [0.05, 0.1) is 57.2 Å². The number of rotatable bonds is 11. The molecule has 1 aromatic heterocycles. The van der Waals surface area contributed by atoms with Gasteiger partial charge in [-0.25, -0.2) is 9.79 Å². The van der Waals surface area contributed by atoms with Crippen LogP contribution in [-0.2, 0) is 16.1 Å². The van der Waals surface area contributed by atoms with Crippen LogP contribution < -0.4 is 29.1 Å². The summed E-state index contributed by atoms with van der Waals surface area (Å²) in [7, 11) is 3.13. The third-order valence-corrected chi connectivity index (χ3v) is 9.59. The van der Waals surface area contributed by atoms with E-state index in [2.05, 4.69) is 15.9 Å². The molecular formula is C34H31BrCl2N2O6S. The van der Waals surface area contributed by atoms with E-state index in [1.165, 1.54) is 11.3 Å². The topological polar surface area (TPSA) is 88.4 Å². The van der Waals surface area contributed by atoms with Gasteiger partial charge in [-0.1, -0.05) is 66.1 Å². The van der Waals surface area contributed by atoms with Crippen molar-refractivity contribution in [3.63, 3.8) is 0 Å². The number of hydrogen-bond donors (Lipinski definition) is 0. The quantitative estimate of drug-likeness (QED) is 0.151. The molecular weight excluding hydrogens is 715 g/mol. The highest BCUT2D eigenvalue weighted by molar-refractivity contribution is 9.10. The van der Waals surface area contributed by atoms with Crippen molar-refractivity contribution < 1.29 is 23.7 Å². The van der Waals surface area contributed by atoms with Crippen molar-refractivity contribution in [3.8, 4) is 17.2 Å². The van der Waals surface area contributed by atoms with Crippen molar-refractivity contribution in [1.82, 2.24) is 4.57 Å². The third-order valence-electron chi connectivity index (χ3n) is 7.25. The molecule has 0 radical (unpaired) electrons. The first-order chi connectivity index (χ1) is 22.2. The Balaban J connectivity index is 1.58. The molecule has 0 aliphatic carbocycles. The maximum Gasteiger partial charge on any atom is 0.338 e. The number of benzene rings is 3. The molecule has 0 bridgehead atoms. The van der Waals surface area contributed by atoms with Crippen LogP contribution in [0.5, 0.6) is 17.2 Å². The van der Waals surface area contributed by atoms with Gasteiger partial charge in [-0.3, -0.25) is 9.36 Å². The van der Waals surface area contributed by atoms with Crippen LogP contribution in [0.1, 0.15) is 49.4 Å². The molecule has 0 unspecified atom stereocenters. The van der Waals surface area contributed by atoms with Crippen LogP contribution >= 0.6 is 50.5 Å². The van der Waals surface area contributed by atoms with Gasteiger partial charge in [0, 0.05) is 0 Å². The summed E-state index contributed by atoms with van der Waals surface area (Å²) < 4.78 is 25.2. The van der Waals surface area contributed by atoms with E-state index in [1.54, 1.807) is 62.1 Å². The molecule has 1 aliphatic rings. The van der Waals surface area contributed by atoms with Crippen LogP contribution in [0.15, 0.2) is 80.1 Å². The van der Waals surface area contributed by atoms with E-state index in [0.717, 1.165) is 23.1 Å². The Morgan fingerprint density at radius 2 is 1.76 bits per heavy atom. The second kappa shape index (κ2) is 14.9. The number of halogens is 3. The number of hydrogen-bond acceptors (Lipinski definition) is 8. The Bertz CT molecular complexity index is 2010.